The molecule has 0 amide bonds. The minimum absolute atomic E-state index is 0.0800. The SMILES string of the molecule is CC/C=C\C/C=C\C/C=C\C/C=C\C/C=C\C/C=C\CCCCCCC(=O)OCC(COC(=O)CCCCCCCCCCCC)OC(=O)CCCCCCCCCCCCCCCCCCCCC. The maximum Gasteiger partial charge on any atom is 0.306 e. The van der Waals surface area contributed by atoms with E-state index < -0.39 is 6.10 Å². The smallest absolute Gasteiger partial charge is 0.306 e. The molecule has 70 heavy (non-hydrogen) atoms. The van der Waals surface area contributed by atoms with Crippen molar-refractivity contribution in [1.82, 2.24) is 0 Å². The van der Waals surface area contributed by atoms with Gasteiger partial charge in [0.1, 0.15) is 13.2 Å². The average molecular weight is 978 g/mol. The highest BCUT2D eigenvalue weighted by molar-refractivity contribution is 5.71. The molecule has 0 aromatic heterocycles. The summed E-state index contributed by atoms with van der Waals surface area (Å²) in [5, 5.41) is 0. The van der Waals surface area contributed by atoms with Crippen molar-refractivity contribution in [3.05, 3.63) is 72.9 Å². The molecule has 6 heteroatoms. The van der Waals surface area contributed by atoms with E-state index in [9.17, 15) is 14.4 Å². The second-order valence-corrected chi connectivity index (χ2v) is 19.9. The molecule has 0 aliphatic carbocycles. The lowest BCUT2D eigenvalue weighted by molar-refractivity contribution is -0.167. The summed E-state index contributed by atoms with van der Waals surface area (Å²) in [6, 6.07) is 0. The van der Waals surface area contributed by atoms with E-state index in [0.717, 1.165) is 109 Å². The Morgan fingerprint density at radius 1 is 0.300 bits per heavy atom. The summed E-state index contributed by atoms with van der Waals surface area (Å²) in [5.41, 5.74) is 0. The van der Waals surface area contributed by atoms with Crippen LogP contribution in [-0.2, 0) is 28.6 Å². The van der Waals surface area contributed by atoms with Crippen LogP contribution in [0.2, 0.25) is 0 Å². The van der Waals surface area contributed by atoms with Crippen LogP contribution in [-0.4, -0.2) is 37.2 Å². The Hall–Kier alpha value is -3.15. The summed E-state index contributed by atoms with van der Waals surface area (Å²) in [4.78, 5) is 38.1. The molecule has 0 bridgehead atoms. The maximum absolute atomic E-state index is 12.9. The molecule has 0 aromatic carbocycles. The number of esters is 3. The highest BCUT2D eigenvalue weighted by atomic mass is 16.6. The van der Waals surface area contributed by atoms with Gasteiger partial charge in [-0.3, -0.25) is 14.4 Å². The molecule has 0 saturated heterocycles. The van der Waals surface area contributed by atoms with Crippen LogP contribution in [0.5, 0.6) is 0 Å². The molecule has 1 atom stereocenters. The van der Waals surface area contributed by atoms with Crippen molar-refractivity contribution < 1.29 is 28.6 Å². The largest absolute Gasteiger partial charge is 0.462 e. The lowest BCUT2D eigenvalue weighted by Crippen LogP contribution is -2.30. The second-order valence-electron chi connectivity index (χ2n) is 19.9. The summed E-state index contributed by atoms with van der Waals surface area (Å²) in [5.74, 6) is -0.895. The van der Waals surface area contributed by atoms with Crippen LogP contribution in [0.15, 0.2) is 72.9 Å². The Bertz CT molecular complexity index is 1310. The number of unbranched alkanes of at least 4 members (excludes halogenated alkanes) is 31. The number of carbonyl (C=O) groups is 3. The summed E-state index contributed by atoms with van der Waals surface area (Å²) < 4.78 is 16.9. The molecule has 0 spiro atoms. The normalized spacial score (nSPS) is 12.6. The fraction of sp³-hybridized carbons (Fsp3) is 0.766. The lowest BCUT2D eigenvalue weighted by atomic mass is 10.0. The van der Waals surface area contributed by atoms with Gasteiger partial charge in [0.25, 0.3) is 0 Å². The van der Waals surface area contributed by atoms with Crippen molar-refractivity contribution in [3.8, 4) is 0 Å². The van der Waals surface area contributed by atoms with Crippen LogP contribution >= 0.6 is 0 Å². The standard InChI is InChI=1S/C64H112O6/c1-4-7-10-13-16-19-22-24-26-28-30-31-32-33-35-36-38-40-42-45-48-51-54-57-63(66)69-60-61(59-68-62(65)56-53-50-47-44-21-18-15-12-9-6-3)70-64(67)58-55-52-49-46-43-41-39-37-34-29-27-25-23-20-17-14-11-8-5-2/h7,10,16,19,24,26,30-31,33,35,38,40,61H,4-6,8-9,11-15,17-18,20-23,25,27-29,32,34,36-37,39,41-60H2,1-3H3/b10-7-,19-16-,26-24-,31-30-,35-33-,40-38-. The van der Waals surface area contributed by atoms with Crippen molar-refractivity contribution >= 4 is 17.9 Å². The maximum atomic E-state index is 12.9. The topological polar surface area (TPSA) is 78.9 Å². The molecule has 0 radical (unpaired) electrons. The molecule has 0 fully saturated rings. The van der Waals surface area contributed by atoms with E-state index in [1.807, 2.05) is 0 Å². The number of hydrogen-bond acceptors (Lipinski definition) is 6. The minimum atomic E-state index is -0.783. The summed E-state index contributed by atoms with van der Waals surface area (Å²) >= 11 is 0. The van der Waals surface area contributed by atoms with Gasteiger partial charge in [0.15, 0.2) is 6.10 Å². The Morgan fingerprint density at radius 2 is 0.557 bits per heavy atom. The van der Waals surface area contributed by atoms with E-state index in [1.54, 1.807) is 0 Å². The van der Waals surface area contributed by atoms with Crippen LogP contribution in [0.1, 0.15) is 297 Å². The summed E-state index contributed by atoms with van der Waals surface area (Å²) in [7, 11) is 0. The number of hydrogen-bond donors (Lipinski definition) is 0. The molecule has 0 aliphatic rings. The van der Waals surface area contributed by atoms with Gasteiger partial charge in [0.05, 0.1) is 0 Å². The van der Waals surface area contributed by atoms with E-state index in [4.69, 9.17) is 14.2 Å². The van der Waals surface area contributed by atoms with Crippen LogP contribution in [0, 0.1) is 0 Å². The minimum Gasteiger partial charge on any atom is -0.462 e. The number of ether oxygens (including phenoxy) is 3. The van der Waals surface area contributed by atoms with Gasteiger partial charge in [-0.05, 0) is 70.6 Å². The van der Waals surface area contributed by atoms with Crippen molar-refractivity contribution in [2.75, 3.05) is 13.2 Å². The van der Waals surface area contributed by atoms with E-state index in [1.165, 1.54) is 148 Å². The van der Waals surface area contributed by atoms with Gasteiger partial charge in [0, 0.05) is 19.3 Å². The van der Waals surface area contributed by atoms with Crippen molar-refractivity contribution in [2.24, 2.45) is 0 Å². The van der Waals surface area contributed by atoms with Crippen LogP contribution in [0.4, 0.5) is 0 Å². The third-order valence-electron chi connectivity index (χ3n) is 13.0. The highest BCUT2D eigenvalue weighted by Gasteiger charge is 2.19. The third kappa shape index (κ3) is 55.8. The van der Waals surface area contributed by atoms with Crippen LogP contribution < -0.4 is 0 Å². The molecule has 0 N–H and O–H groups in total. The van der Waals surface area contributed by atoms with Gasteiger partial charge < -0.3 is 14.2 Å². The van der Waals surface area contributed by atoms with Gasteiger partial charge in [-0.1, -0.05) is 280 Å². The average Bonchev–Trinajstić information content (AvgIpc) is 3.36. The molecule has 0 aliphatic heterocycles. The van der Waals surface area contributed by atoms with Gasteiger partial charge >= 0.3 is 17.9 Å². The zero-order valence-electron chi connectivity index (χ0n) is 46.3. The second kappa shape index (κ2) is 58.4. The van der Waals surface area contributed by atoms with E-state index in [2.05, 4.69) is 93.7 Å². The Kier molecular flexibility index (Phi) is 55.8. The number of carbonyl (C=O) groups excluding carboxylic acids is 3. The first-order valence-corrected chi connectivity index (χ1v) is 29.9. The predicted molar refractivity (Wildman–Crippen MR) is 302 cm³/mol. The zero-order valence-corrected chi connectivity index (χ0v) is 46.3. The first-order valence-electron chi connectivity index (χ1n) is 29.9. The van der Waals surface area contributed by atoms with E-state index in [-0.39, 0.29) is 31.1 Å². The number of rotatable bonds is 54. The van der Waals surface area contributed by atoms with Crippen molar-refractivity contribution in [1.29, 1.82) is 0 Å². The molecule has 0 saturated carbocycles. The molecule has 0 aromatic rings. The first kappa shape index (κ1) is 66.9. The molecule has 1 unspecified atom stereocenters. The van der Waals surface area contributed by atoms with Crippen LogP contribution in [0.25, 0.3) is 0 Å². The molecule has 404 valence electrons. The molecule has 0 heterocycles. The van der Waals surface area contributed by atoms with Gasteiger partial charge in [0.2, 0.25) is 0 Å². The lowest BCUT2D eigenvalue weighted by Gasteiger charge is -2.18. The van der Waals surface area contributed by atoms with Gasteiger partial charge in [-0.15, -0.1) is 0 Å². The van der Waals surface area contributed by atoms with E-state index >= 15 is 0 Å². The fourth-order valence-electron chi connectivity index (χ4n) is 8.51. The van der Waals surface area contributed by atoms with Crippen molar-refractivity contribution in [3.63, 3.8) is 0 Å². The molecule has 6 nitrogen and oxygen atoms in total. The fourth-order valence-corrected chi connectivity index (χ4v) is 8.51. The zero-order chi connectivity index (χ0) is 50.7. The first-order chi connectivity index (χ1) is 34.5. The van der Waals surface area contributed by atoms with Gasteiger partial charge in [-0.25, -0.2) is 0 Å². The Balaban J connectivity index is 4.32. The van der Waals surface area contributed by atoms with Crippen LogP contribution in [0.3, 0.4) is 0 Å². The highest BCUT2D eigenvalue weighted by Crippen LogP contribution is 2.17. The molecular weight excluding hydrogens is 865 g/mol. The predicted octanol–water partition coefficient (Wildman–Crippen LogP) is 20.2. The van der Waals surface area contributed by atoms with Gasteiger partial charge in [-0.2, -0.15) is 0 Å². The molecule has 0 rings (SSSR count). The quantitative estimate of drug-likeness (QED) is 0.0261. The number of allylic oxidation sites excluding steroid dienone is 12. The summed E-state index contributed by atoms with van der Waals surface area (Å²) in [6.45, 7) is 6.52. The molecular formula is C64H112O6. The third-order valence-corrected chi connectivity index (χ3v) is 13.0. The van der Waals surface area contributed by atoms with Crippen molar-refractivity contribution in [2.45, 2.75) is 303 Å². The Morgan fingerprint density at radius 3 is 0.871 bits per heavy atom. The monoisotopic (exact) mass is 977 g/mol. The Labute approximate surface area is 433 Å². The summed E-state index contributed by atoms with van der Waals surface area (Å²) in [6.07, 6.45) is 74.7. The van der Waals surface area contributed by atoms with E-state index in [0.29, 0.717) is 19.3 Å².